The summed E-state index contributed by atoms with van der Waals surface area (Å²) in [6.45, 7) is 11.6. The largest absolute Gasteiger partial charge is 0.481 e. The SMILES string of the molecule is CC[C@@]1(C(=O)O)[C@@H](C(C)(C)C)[C@H](OCc2cc(C(F)(F)F)cnc2OC)[C@H](c2cccc(C(C)C)c2)N1C(=O)C1CCCO1. The standard InChI is InChI=1S/C33H43F3N2O6/c1-8-32(30(40)41)27(31(4,5)6)26(44-18-22-16-23(33(34,35)36)17-37-28(22)42-7)25(21-12-9-11-20(15-21)19(2)3)38(32)29(39)24-13-10-14-43-24/h9,11-12,15-17,19,24-27H,8,10,13-14,18H2,1-7H3,(H,40,41)/t24?,25-,26+,27+,32-/m0/s1. The Balaban J connectivity index is 1.94. The van der Waals surface area contributed by atoms with E-state index in [1.54, 1.807) is 6.92 Å². The van der Waals surface area contributed by atoms with Crippen molar-refractivity contribution in [1.29, 1.82) is 0 Å². The molecule has 242 valence electrons. The molecule has 0 aliphatic carbocycles. The second kappa shape index (κ2) is 12.7. The minimum atomic E-state index is -4.64. The van der Waals surface area contributed by atoms with E-state index in [4.69, 9.17) is 14.2 Å². The minimum absolute atomic E-state index is 0.0334. The number of rotatable bonds is 9. The van der Waals surface area contributed by atoms with Crippen molar-refractivity contribution in [3.63, 3.8) is 0 Å². The average Bonchev–Trinajstić information content (AvgIpc) is 3.60. The van der Waals surface area contributed by atoms with E-state index in [9.17, 15) is 27.9 Å². The number of amides is 1. The van der Waals surface area contributed by atoms with Crippen LogP contribution in [0, 0.1) is 11.3 Å². The van der Waals surface area contributed by atoms with Gasteiger partial charge in [0.05, 0.1) is 31.4 Å². The highest BCUT2D eigenvalue weighted by atomic mass is 19.4. The summed E-state index contributed by atoms with van der Waals surface area (Å²) >= 11 is 0. The number of ether oxygens (including phenoxy) is 3. The lowest BCUT2D eigenvalue weighted by Crippen LogP contribution is -2.60. The molecular formula is C33H43F3N2O6. The highest BCUT2D eigenvalue weighted by Gasteiger charge is 2.68. The van der Waals surface area contributed by atoms with E-state index in [0.717, 1.165) is 11.6 Å². The van der Waals surface area contributed by atoms with Crippen molar-refractivity contribution >= 4 is 11.9 Å². The molecule has 1 aromatic heterocycles. The van der Waals surface area contributed by atoms with Crippen molar-refractivity contribution < 1.29 is 42.1 Å². The first-order valence-electron chi connectivity index (χ1n) is 15.1. The predicted molar refractivity (Wildman–Crippen MR) is 157 cm³/mol. The molecule has 2 aromatic rings. The van der Waals surface area contributed by atoms with Crippen LogP contribution in [0.15, 0.2) is 36.5 Å². The Kier molecular flexibility index (Phi) is 9.71. The van der Waals surface area contributed by atoms with Crippen LogP contribution in [0.3, 0.4) is 0 Å². The quantitative estimate of drug-likeness (QED) is 0.330. The Morgan fingerprint density at radius 2 is 1.91 bits per heavy atom. The number of carboxylic acids is 1. The third-order valence-corrected chi connectivity index (χ3v) is 8.94. The number of pyridine rings is 1. The van der Waals surface area contributed by atoms with Gasteiger partial charge in [0, 0.05) is 24.3 Å². The first-order chi connectivity index (χ1) is 20.6. The molecular weight excluding hydrogens is 577 g/mol. The summed E-state index contributed by atoms with van der Waals surface area (Å²) in [6.07, 6.45) is -4.44. The van der Waals surface area contributed by atoms with E-state index in [0.29, 0.717) is 31.2 Å². The number of benzene rings is 1. The van der Waals surface area contributed by atoms with Crippen LogP contribution in [0.5, 0.6) is 5.88 Å². The molecule has 1 aromatic carbocycles. The van der Waals surface area contributed by atoms with Crippen molar-refractivity contribution in [3.05, 3.63) is 58.8 Å². The Bertz CT molecular complexity index is 1350. The van der Waals surface area contributed by atoms with Gasteiger partial charge in [0.25, 0.3) is 5.91 Å². The van der Waals surface area contributed by atoms with E-state index in [2.05, 4.69) is 4.98 Å². The summed E-state index contributed by atoms with van der Waals surface area (Å²) in [4.78, 5) is 33.2. The Hall–Kier alpha value is -3.18. The first kappa shape index (κ1) is 33.7. The van der Waals surface area contributed by atoms with Gasteiger partial charge in [-0.05, 0) is 47.8 Å². The predicted octanol–water partition coefficient (Wildman–Crippen LogP) is 6.78. The summed E-state index contributed by atoms with van der Waals surface area (Å²) in [7, 11) is 1.31. The number of hydrogen-bond donors (Lipinski definition) is 1. The zero-order chi connectivity index (χ0) is 32.6. The number of carbonyl (C=O) groups excluding carboxylic acids is 1. The van der Waals surface area contributed by atoms with Crippen LogP contribution >= 0.6 is 0 Å². The minimum Gasteiger partial charge on any atom is -0.481 e. The lowest BCUT2D eigenvalue weighted by molar-refractivity contribution is -0.167. The van der Waals surface area contributed by atoms with E-state index in [1.807, 2.05) is 58.9 Å². The third kappa shape index (κ3) is 6.18. The highest BCUT2D eigenvalue weighted by Crippen LogP contribution is 2.57. The van der Waals surface area contributed by atoms with E-state index >= 15 is 0 Å². The molecule has 44 heavy (non-hydrogen) atoms. The van der Waals surface area contributed by atoms with Gasteiger partial charge in [-0.1, -0.05) is 65.8 Å². The maximum absolute atomic E-state index is 14.4. The van der Waals surface area contributed by atoms with Gasteiger partial charge in [0.2, 0.25) is 5.88 Å². The van der Waals surface area contributed by atoms with Crippen LogP contribution in [0.2, 0.25) is 0 Å². The van der Waals surface area contributed by atoms with Crippen LogP contribution < -0.4 is 4.74 Å². The number of methoxy groups -OCH3 is 1. The van der Waals surface area contributed by atoms with Gasteiger partial charge in [0.1, 0.15) is 11.6 Å². The van der Waals surface area contributed by atoms with Gasteiger partial charge in [-0.25, -0.2) is 9.78 Å². The lowest BCUT2D eigenvalue weighted by atomic mass is 9.66. The number of aliphatic carboxylic acids is 1. The molecule has 2 fully saturated rings. The number of halogens is 3. The second-order valence-corrected chi connectivity index (χ2v) is 13.1. The van der Waals surface area contributed by atoms with Crippen LogP contribution in [0.25, 0.3) is 0 Å². The van der Waals surface area contributed by atoms with E-state index in [-0.39, 0.29) is 30.4 Å². The molecule has 1 amide bonds. The van der Waals surface area contributed by atoms with Gasteiger partial charge in [-0.3, -0.25) is 4.79 Å². The number of carboxylic acid groups (broad SMARTS) is 1. The molecule has 1 N–H and O–H groups in total. The van der Waals surface area contributed by atoms with Gasteiger partial charge in [-0.2, -0.15) is 13.2 Å². The maximum atomic E-state index is 14.4. The van der Waals surface area contributed by atoms with E-state index in [1.165, 1.54) is 12.0 Å². The summed E-state index contributed by atoms with van der Waals surface area (Å²) in [6, 6.07) is 7.71. The Morgan fingerprint density at radius 1 is 1.20 bits per heavy atom. The molecule has 8 nitrogen and oxygen atoms in total. The number of carbonyl (C=O) groups is 2. The van der Waals surface area contributed by atoms with Gasteiger partial charge in [0.15, 0.2) is 0 Å². The fourth-order valence-electron chi connectivity index (χ4n) is 7.00. The number of hydrogen-bond acceptors (Lipinski definition) is 6. The van der Waals surface area contributed by atoms with Crippen molar-refractivity contribution in [2.75, 3.05) is 13.7 Å². The summed E-state index contributed by atoms with van der Waals surface area (Å²) in [5.74, 6) is -2.24. The highest BCUT2D eigenvalue weighted by molar-refractivity contribution is 5.91. The molecule has 0 bridgehead atoms. The zero-order valence-electron chi connectivity index (χ0n) is 26.4. The molecule has 3 heterocycles. The van der Waals surface area contributed by atoms with E-state index < -0.39 is 58.7 Å². The molecule has 0 radical (unpaired) electrons. The van der Waals surface area contributed by atoms with Gasteiger partial charge in [-0.15, -0.1) is 0 Å². The lowest BCUT2D eigenvalue weighted by Gasteiger charge is -2.44. The fraction of sp³-hybridized carbons (Fsp3) is 0.606. The maximum Gasteiger partial charge on any atom is 0.417 e. The number of aromatic nitrogens is 1. The molecule has 4 rings (SSSR count). The number of nitrogens with zero attached hydrogens (tertiary/aromatic N) is 2. The monoisotopic (exact) mass is 620 g/mol. The van der Waals surface area contributed by atoms with Crippen molar-refractivity contribution in [3.8, 4) is 5.88 Å². The van der Waals surface area contributed by atoms with Crippen LogP contribution in [-0.4, -0.2) is 58.3 Å². The summed E-state index contributed by atoms with van der Waals surface area (Å²) in [5.41, 5.74) is -1.62. The number of likely N-dealkylation sites (tertiary alicyclic amines) is 1. The van der Waals surface area contributed by atoms with Crippen LogP contribution in [0.1, 0.15) is 95.0 Å². The number of alkyl halides is 3. The normalized spacial score (nSPS) is 25.9. The molecule has 0 saturated carbocycles. The molecule has 0 spiro atoms. The smallest absolute Gasteiger partial charge is 0.417 e. The summed E-state index contributed by atoms with van der Waals surface area (Å²) in [5, 5.41) is 11.0. The average molecular weight is 621 g/mol. The molecule has 5 atom stereocenters. The fourth-order valence-corrected chi connectivity index (χ4v) is 7.00. The van der Waals surface area contributed by atoms with Crippen LogP contribution in [-0.2, 0) is 31.8 Å². The van der Waals surface area contributed by atoms with Gasteiger partial charge >= 0.3 is 12.1 Å². The van der Waals surface area contributed by atoms with Crippen molar-refractivity contribution in [1.82, 2.24) is 9.88 Å². The molecule has 2 saturated heterocycles. The second-order valence-electron chi connectivity index (χ2n) is 13.1. The first-order valence-corrected chi connectivity index (χ1v) is 15.1. The topological polar surface area (TPSA) is 98.2 Å². The Labute approximate surface area is 256 Å². The molecule has 2 aliphatic heterocycles. The Morgan fingerprint density at radius 3 is 2.43 bits per heavy atom. The molecule has 1 unspecified atom stereocenters. The zero-order valence-corrected chi connectivity index (χ0v) is 26.4. The third-order valence-electron chi connectivity index (χ3n) is 8.94. The van der Waals surface area contributed by atoms with Crippen molar-refractivity contribution in [2.45, 2.75) is 103 Å². The molecule has 2 aliphatic rings. The van der Waals surface area contributed by atoms with Crippen molar-refractivity contribution in [2.24, 2.45) is 11.3 Å². The molecule has 11 heteroatoms. The van der Waals surface area contributed by atoms with Crippen LogP contribution in [0.4, 0.5) is 13.2 Å². The summed E-state index contributed by atoms with van der Waals surface area (Å²) < 4.78 is 58.5. The van der Waals surface area contributed by atoms with Gasteiger partial charge < -0.3 is 24.2 Å².